The van der Waals surface area contributed by atoms with Gasteiger partial charge in [-0.15, -0.1) is 0 Å². The van der Waals surface area contributed by atoms with E-state index >= 15 is 0 Å². The Balaban J connectivity index is 1.39. The van der Waals surface area contributed by atoms with Gasteiger partial charge in [-0.3, -0.25) is 14.5 Å². The normalized spacial score (nSPS) is 19.6. The quantitative estimate of drug-likeness (QED) is 0.168. The third kappa shape index (κ3) is 10.5. The highest BCUT2D eigenvalue weighted by atomic mass is 16.7. The number of carbonyl (C=O) groups is 2. The van der Waals surface area contributed by atoms with Crippen molar-refractivity contribution in [3.8, 4) is 0 Å². The zero-order chi connectivity index (χ0) is 32.2. The summed E-state index contributed by atoms with van der Waals surface area (Å²) < 4.78 is 13.0. The Morgan fingerprint density at radius 2 is 1.62 bits per heavy atom. The molecule has 9 nitrogen and oxygen atoms in total. The van der Waals surface area contributed by atoms with E-state index in [1.165, 1.54) is 6.92 Å². The summed E-state index contributed by atoms with van der Waals surface area (Å²) in [6.45, 7) is 4.71. The molecule has 242 valence electrons. The number of hydrogen-bond donors (Lipinski definition) is 4. The van der Waals surface area contributed by atoms with Gasteiger partial charge >= 0.3 is 0 Å². The summed E-state index contributed by atoms with van der Waals surface area (Å²) in [6.07, 6.45) is 1.85. The van der Waals surface area contributed by atoms with Crippen molar-refractivity contribution in [2.45, 2.75) is 83.2 Å². The van der Waals surface area contributed by atoms with Gasteiger partial charge in [-0.05, 0) is 55.6 Å². The lowest BCUT2D eigenvalue weighted by Gasteiger charge is -2.39. The number of benzene rings is 3. The number of amides is 2. The first kappa shape index (κ1) is 34.3. The van der Waals surface area contributed by atoms with Crippen molar-refractivity contribution in [3.05, 3.63) is 101 Å². The third-order valence-electron chi connectivity index (χ3n) is 8.32. The van der Waals surface area contributed by atoms with Crippen molar-refractivity contribution < 1.29 is 29.3 Å². The van der Waals surface area contributed by atoms with E-state index in [4.69, 9.17) is 9.47 Å². The number of aliphatic hydroxyl groups excluding tert-OH is 2. The van der Waals surface area contributed by atoms with Crippen molar-refractivity contribution in [1.29, 1.82) is 0 Å². The minimum Gasteiger partial charge on any atom is -0.392 e. The molecule has 4 rings (SSSR count). The summed E-state index contributed by atoms with van der Waals surface area (Å²) >= 11 is 0. The SMILES string of the molecule is CC(=O)NCCCCCC(=O)Nc1ccc([C@H]2O[C@@H](CN(C)[C@@H](C)[C@H](O)c3ccccc3)C[C@@H](c3ccc(CO)cc3)O2)cc1. The van der Waals surface area contributed by atoms with Gasteiger partial charge in [0.1, 0.15) is 0 Å². The fourth-order valence-corrected chi connectivity index (χ4v) is 5.49. The van der Waals surface area contributed by atoms with E-state index in [-0.39, 0.29) is 36.7 Å². The molecule has 4 N–H and O–H groups in total. The van der Waals surface area contributed by atoms with E-state index < -0.39 is 12.4 Å². The van der Waals surface area contributed by atoms with Crippen LogP contribution in [0.3, 0.4) is 0 Å². The first-order chi connectivity index (χ1) is 21.7. The van der Waals surface area contributed by atoms with Gasteiger partial charge in [0.25, 0.3) is 0 Å². The largest absolute Gasteiger partial charge is 0.392 e. The summed E-state index contributed by atoms with van der Waals surface area (Å²) in [5.41, 5.74) is 4.26. The Hall–Kier alpha value is -3.60. The molecule has 0 bridgehead atoms. The Labute approximate surface area is 266 Å². The van der Waals surface area contributed by atoms with Crippen molar-refractivity contribution in [3.63, 3.8) is 0 Å². The number of hydrogen-bond acceptors (Lipinski definition) is 7. The maximum atomic E-state index is 12.5. The predicted molar refractivity (Wildman–Crippen MR) is 174 cm³/mol. The molecule has 1 aliphatic heterocycles. The fraction of sp³-hybridized carbons (Fsp3) is 0.444. The molecular weight excluding hydrogens is 570 g/mol. The Bertz CT molecular complexity index is 1340. The van der Waals surface area contributed by atoms with Crippen LogP contribution in [0.4, 0.5) is 5.69 Å². The highest BCUT2D eigenvalue weighted by Gasteiger charge is 2.34. The Kier molecular flexibility index (Phi) is 13.1. The number of nitrogens with one attached hydrogen (secondary N) is 2. The molecule has 1 fully saturated rings. The van der Waals surface area contributed by atoms with Gasteiger partial charge in [-0.25, -0.2) is 0 Å². The molecule has 0 aromatic heterocycles. The molecule has 0 spiro atoms. The Morgan fingerprint density at radius 3 is 2.29 bits per heavy atom. The number of ether oxygens (including phenoxy) is 2. The molecule has 0 unspecified atom stereocenters. The molecule has 45 heavy (non-hydrogen) atoms. The second-order valence-corrected chi connectivity index (χ2v) is 11.8. The monoisotopic (exact) mass is 617 g/mol. The lowest BCUT2D eigenvalue weighted by atomic mass is 9.98. The minimum absolute atomic E-state index is 0.0198. The van der Waals surface area contributed by atoms with Gasteiger partial charge in [0.15, 0.2) is 6.29 Å². The molecule has 0 radical (unpaired) electrons. The molecule has 3 aromatic rings. The van der Waals surface area contributed by atoms with E-state index in [2.05, 4.69) is 15.5 Å². The van der Waals surface area contributed by atoms with Crippen LogP contribution in [-0.2, 0) is 25.7 Å². The molecule has 9 heteroatoms. The van der Waals surface area contributed by atoms with Gasteiger partial charge < -0.3 is 30.3 Å². The summed E-state index contributed by atoms with van der Waals surface area (Å²) in [5.74, 6) is -0.0858. The topological polar surface area (TPSA) is 120 Å². The zero-order valence-electron chi connectivity index (χ0n) is 26.5. The molecule has 1 heterocycles. The van der Waals surface area contributed by atoms with Crippen molar-refractivity contribution in [2.24, 2.45) is 0 Å². The molecule has 5 atom stereocenters. The van der Waals surface area contributed by atoms with Gasteiger partial charge in [-0.1, -0.05) is 73.2 Å². The molecule has 2 amide bonds. The highest BCUT2D eigenvalue weighted by molar-refractivity contribution is 5.90. The average Bonchev–Trinajstić information content (AvgIpc) is 3.06. The number of likely N-dealkylation sites (N-methyl/N-ethyl adjacent to an activating group) is 1. The predicted octanol–water partition coefficient (Wildman–Crippen LogP) is 5.41. The first-order valence-electron chi connectivity index (χ1n) is 15.8. The average molecular weight is 618 g/mol. The van der Waals surface area contributed by atoms with Crippen LogP contribution < -0.4 is 10.6 Å². The fourth-order valence-electron chi connectivity index (χ4n) is 5.49. The number of carbonyl (C=O) groups excluding carboxylic acids is 2. The van der Waals surface area contributed by atoms with Gasteiger partial charge in [-0.2, -0.15) is 0 Å². The van der Waals surface area contributed by atoms with Gasteiger partial charge in [0, 0.05) is 50.1 Å². The summed E-state index contributed by atoms with van der Waals surface area (Å²) in [4.78, 5) is 25.5. The maximum absolute atomic E-state index is 12.5. The van der Waals surface area contributed by atoms with Crippen LogP contribution in [-0.4, -0.2) is 59.2 Å². The molecule has 3 aromatic carbocycles. The van der Waals surface area contributed by atoms with E-state index in [9.17, 15) is 19.8 Å². The maximum Gasteiger partial charge on any atom is 0.224 e. The van der Waals surface area contributed by atoms with E-state index in [0.717, 1.165) is 41.5 Å². The molecular formula is C36H47N3O6. The van der Waals surface area contributed by atoms with Crippen molar-refractivity contribution >= 4 is 17.5 Å². The van der Waals surface area contributed by atoms with Crippen LogP contribution in [0.15, 0.2) is 78.9 Å². The second-order valence-electron chi connectivity index (χ2n) is 11.8. The van der Waals surface area contributed by atoms with Crippen molar-refractivity contribution in [1.82, 2.24) is 10.2 Å². The third-order valence-corrected chi connectivity index (χ3v) is 8.32. The number of anilines is 1. The van der Waals surface area contributed by atoms with Crippen LogP contribution in [0.25, 0.3) is 0 Å². The lowest BCUT2D eigenvalue weighted by Crippen LogP contribution is -2.43. The number of aliphatic hydroxyl groups is 2. The van der Waals surface area contributed by atoms with E-state index in [1.807, 2.05) is 92.8 Å². The molecule has 1 saturated heterocycles. The van der Waals surface area contributed by atoms with Crippen LogP contribution in [0.5, 0.6) is 0 Å². The van der Waals surface area contributed by atoms with E-state index in [0.29, 0.717) is 31.6 Å². The summed E-state index contributed by atoms with van der Waals surface area (Å²) in [5, 5.41) is 26.2. The number of unbranched alkanes of at least 4 members (excludes halogenated alkanes) is 2. The van der Waals surface area contributed by atoms with Crippen LogP contribution in [0, 0.1) is 0 Å². The lowest BCUT2D eigenvalue weighted by molar-refractivity contribution is -0.253. The van der Waals surface area contributed by atoms with Gasteiger partial charge in [0.2, 0.25) is 11.8 Å². The number of nitrogens with zero attached hydrogens (tertiary/aromatic N) is 1. The van der Waals surface area contributed by atoms with Crippen molar-refractivity contribution in [2.75, 3.05) is 25.5 Å². The van der Waals surface area contributed by atoms with Crippen LogP contribution >= 0.6 is 0 Å². The number of rotatable bonds is 15. The molecule has 1 aliphatic rings. The minimum atomic E-state index is -0.639. The smallest absolute Gasteiger partial charge is 0.224 e. The molecule has 0 saturated carbocycles. The van der Waals surface area contributed by atoms with Gasteiger partial charge in [0.05, 0.1) is 24.9 Å². The van der Waals surface area contributed by atoms with Crippen LogP contribution in [0.2, 0.25) is 0 Å². The van der Waals surface area contributed by atoms with E-state index in [1.54, 1.807) is 0 Å². The summed E-state index contributed by atoms with van der Waals surface area (Å²) in [7, 11) is 2.00. The summed E-state index contributed by atoms with van der Waals surface area (Å²) in [6, 6.07) is 24.8. The highest BCUT2D eigenvalue weighted by Crippen LogP contribution is 2.38. The Morgan fingerprint density at radius 1 is 0.933 bits per heavy atom. The first-order valence-corrected chi connectivity index (χ1v) is 15.8. The van der Waals surface area contributed by atoms with Crippen LogP contribution in [0.1, 0.15) is 86.7 Å². The molecule has 0 aliphatic carbocycles. The zero-order valence-corrected chi connectivity index (χ0v) is 26.5. The standard InChI is InChI=1S/C36H47N3O6/c1-25(35(43)29-10-6-4-7-11-29)39(3)23-32-22-33(28-15-13-27(24-40)14-16-28)45-36(44-32)30-17-19-31(20-18-30)38-34(42)12-8-5-9-21-37-26(2)41/h4,6-7,10-11,13-20,25,32-33,35-36,40,43H,5,8-9,12,21-24H2,1-3H3,(H,37,41)(H,38,42)/t25-,32+,33-,35-,36-/m0/s1. The second kappa shape index (κ2) is 17.2.